The summed E-state index contributed by atoms with van der Waals surface area (Å²) in [4.78, 5) is 25.5. The second-order valence-corrected chi connectivity index (χ2v) is 9.79. The molecule has 0 aliphatic heterocycles. The number of rotatable bonds is 7. The average molecular weight is 549 g/mol. The lowest BCUT2D eigenvalue weighted by Crippen LogP contribution is -2.18. The number of carbonyl (C=O) groups is 2. The van der Waals surface area contributed by atoms with E-state index in [1.54, 1.807) is 53.3 Å². The lowest BCUT2D eigenvalue weighted by molar-refractivity contribution is 0.0740. The summed E-state index contributed by atoms with van der Waals surface area (Å²) in [6.45, 7) is 0.506. The number of benzene rings is 3. The zero-order chi connectivity index (χ0) is 25.8. The minimum atomic E-state index is -0.539. The molecule has 5 aromatic rings. The van der Waals surface area contributed by atoms with E-state index in [-0.39, 0.29) is 5.69 Å². The molecule has 2 heterocycles. The Labute approximate surface area is 225 Å². The van der Waals surface area contributed by atoms with Gasteiger partial charge in [-0.15, -0.1) is 11.3 Å². The molecular weight excluding hydrogens is 531 g/mol. The van der Waals surface area contributed by atoms with Gasteiger partial charge in [0.2, 0.25) is 0 Å². The molecule has 2 aromatic heterocycles. The summed E-state index contributed by atoms with van der Waals surface area (Å²) in [5.74, 6) is -0.661. The first-order valence-corrected chi connectivity index (χ1v) is 12.6. The number of hydrazone groups is 1. The number of halogens is 2. The first-order valence-electron chi connectivity index (χ1n) is 11.1. The average Bonchev–Trinajstić information content (AvgIpc) is 3.50. The molecule has 7 nitrogen and oxygen atoms in total. The number of amides is 1. The fourth-order valence-electron chi connectivity index (χ4n) is 3.53. The van der Waals surface area contributed by atoms with Crippen LogP contribution < -0.4 is 10.2 Å². The van der Waals surface area contributed by atoms with Crippen molar-refractivity contribution in [3.05, 3.63) is 117 Å². The molecule has 1 amide bonds. The molecule has 0 atom stereocenters. The summed E-state index contributed by atoms with van der Waals surface area (Å²) in [5.41, 5.74) is 4.32. The van der Waals surface area contributed by atoms with Gasteiger partial charge in [0.25, 0.3) is 5.91 Å². The highest BCUT2D eigenvalue weighted by molar-refractivity contribution is 7.21. The Morgan fingerprint density at radius 2 is 1.84 bits per heavy atom. The van der Waals surface area contributed by atoms with Crippen LogP contribution in [-0.4, -0.2) is 27.9 Å². The van der Waals surface area contributed by atoms with Gasteiger partial charge >= 0.3 is 5.97 Å². The smallest absolute Gasteiger partial charge is 0.355 e. The number of carbonyl (C=O) groups excluding carboxylic acids is 2. The molecule has 184 valence electrons. The maximum atomic E-state index is 12.7. The van der Waals surface area contributed by atoms with E-state index < -0.39 is 11.9 Å². The molecule has 10 heteroatoms. The molecule has 0 bridgehead atoms. The van der Waals surface area contributed by atoms with Gasteiger partial charge in [0.05, 0.1) is 17.8 Å². The Hall–Kier alpha value is -3.98. The van der Waals surface area contributed by atoms with Crippen LogP contribution in [0.5, 0.6) is 5.75 Å². The van der Waals surface area contributed by atoms with E-state index in [2.05, 4.69) is 15.6 Å². The van der Waals surface area contributed by atoms with Crippen LogP contribution in [0.25, 0.3) is 10.1 Å². The van der Waals surface area contributed by atoms with Crippen LogP contribution in [0, 0.1) is 0 Å². The number of nitrogens with zero attached hydrogens (tertiary/aromatic N) is 3. The lowest BCUT2D eigenvalue weighted by Gasteiger charge is -2.04. The van der Waals surface area contributed by atoms with Crippen LogP contribution in [0.2, 0.25) is 10.0 Å². The fourth-order valence-corrected chi connectivity index (χ4v) is 5.04. The van der Waals surface area contributed by atoms with Gasteiger partial charge in [0.1, 0.15) is 10.6 Å². The van der Waals surface area contributed by atoms with Crippen molar-refractivity contribution >= 4 is 62.7 Å². The van der Waals surface area contributed by atoms with Crippen molar-refractivity contribution in [2.75, 3.05) is 0 Å². The summed E-state index contributed by atoms with van der Waals surface area (Å²) >= 11 is 13.6. The second-order valence-electron chi connectivity index (χ2n) is 7.93. The predicted molar refractivity (Wildman–Crippen MR) is 146 cm³/mol. The van der Waals surface area contributed by atoms with Crippen molar-refractivity contribution in [1.82, 2.24) is 15.2 Å². The number of thiophene rings is 1. The van der Waals surface area contributed by atoms with Crippen LogP contribution in [0.1, 0.15) is 31.3 Å². The molecule has 0 radical (unpaired) electrons. The molecule has 0 fully saturated rings. The molecule has 1 N–H and O–H groups in total. The highest BCUT2D eigenvalue weighted by atomic mass is 35.5. The highest BCUT2D eigenvalue weighted by Crippen LogP contribution is 2.35. The Morgan fingerprint density at radius 3 is 2.65 bits per heavy atom. The third kappa shape index (κ3) is 5.89. The quantitative estimate of drug-likeness (QED) is 0.110. The minimum absolute atomic E-state index is 0.231. The molecule has 0 spiro atoms. The molecule has 0 unspecified atom stereocenters. The summed E-state index contributed by atoms with van der Waals surface area (Å²) in [7, 11) is 0. The van der Waals surface area contributed by atoms with Crippen LogP contribution >= 0.6 is 34.5 Å². The molecule has 0 saturated carbocycles. The van der Waals surface area contributed by atoms with Crippen molar-refractivity contribution in [1.29, 1.82) is 0 Å². The largest absolute Gasteiger partial charge is 0.422 e. The van der Waals surface area contributed by atoms with Crippen LogP contribution in [-0.2, 0) is 6.54 Å². The van der Waals surface area contributed by atoms with E-state index in [4.69, 9.17) is 27.9 Å². The zero-order valence-corrected chi connectivity index (χ0v) is 21.4. The number of esters is 1. The number of hydrogen-bond acceptors (Lipinski definition) is 6. The maximum Gasteiger partial charge on any atom is 0.355 e. The van der Waals surface area contributed by atoms with Gasteiger partial charge in [-0.1, -0.05) is 65.7 Å². The number of hydrogen-bond donors (Lipinski definition) is 1. The van der Waals surface area contributed by atoms with E-state index in [1.807, 2.05) is 36.4 Å². The monoisotopic (exact) mass is 548 g/mol. The van der Waals surface area contributed by atoms with Gasteiger partial charge in [-0.3, -0.25) is 9.48 Å². The lowest BCUT2D eigenvalue weighted by atomic mass is 10.2. The number of fused-ring (bicyclic) bond motifs is 1. The molecule has 0 aliphatic rings. The van der Waals surface area contributed by atoms with Crippen molar-refractivity contribution in [3.8, 4) is 5.75 Å². The number of ether oxygens (including phenoxy) is 1. The normalized spacial score (nSPS) is 11.2. The van der Waals surface area contributed by atoms with Crippen LogP contribution in [0.3, 0.4) is 0 Å². The second kappa shape index (κ2) is 11.0. The summed E-state index contributed by atoms with van der Waals surface area (Å²) in [6, 6.07) is 23.3. The first kappa shape index (κ1) is 24.7. The van der Waals surface area contributed by atoms with Crippen molar-refractivity contribution in [2.45, 2.75) is 6.54 Å². The topological polar surface area (TPSA) is 85.6 Å². The third-order valence-electron chi connectivity index (χ3n) is 5.30. The van der Waals surface area contributed by atoms with Gasteiger partial charge in [-0.05, 0) is 47.5 Å². The predicted octanol–water partition coefficient (Wildman–Crippen LogP) is 6.44. The van der Waals surface area contributed by atoms with Crippen molar-refractivity contribution in [3.63, 3.8) is 0 Å². The van der Waals surface area contributed by atoms with Gasteiger partial charge < -0.3 is 4.74 Å². The van der Waals surface area contributed by atoms with Gasteiger partial charge in [0, 0.05) is 21.3 Å². The third-order valence-corrected chi connectivity index (χ3v) is 7.21. The molecule has 0 aliphatic carbocycles. The molecule has 37 heavy (non-hydrogen) atoms. The first-order chi connectivity index (χ1) is 18.0. The van der Waals surface area contributed by atoms with E-state index in [0.29, 0.717) is 32.8 Å². The van der Waals surface area contributed by atoms with Gasteiger partial charge in [0.15, 0.2) is 5.69 Å². The van der Waals surface area contributed by atoms with Crippen molar-refractivity contribution < 1.29 is 14.3 Å². The molecule has 0 saturated heterocycles. The van der Waals surface area contributed by atoms with Gasteiger partial charge in [-0.2, -0.15) is 10.2 Å². The van der Waals surface area contributed by atoms with Gasteiger partial charge in [-0.25, -0.2) is 10.2 Å². The van der Waals surface area contributed by atoms with Crippen LogP contribution in [0.4, 0.5) is 0 Å². The molecule has 5 rings (SSSR count). The zero-order valence-electron chi connectivity index (χ0n) is 19.1. The SMILES string of the molecule is O=C(NN=Cc1cccc(OC(=O)c2sc3ccccc3c2Cl)c1)c1ccn(Cc2ccc(Cl)cc2)n1. The Bertz CT molecular complexity index is 1630. The summed E-state index contributed by atoms with van der Waals surface area (Å²) < 4.78 is 8.09. The highest BCUT2D eigenvalue weighted by Gasteiger charge is 2.19. The number of nitrogens with one attached hydrogen (secondary N) is 1. The molecular formula is C27H18Cl2N4O3S. The van der Waals surface area contributed by atoms with E-state index in [1.165, 1.54) is 17.6 Å². The van der Waals surface area contributed by atoms with E-state index >= 15 is 0 Å². The minimum Gasteiger partial charge on any atom is -0.422 e. The maximum absolute atomic E-state index is 12.7. The molecule has 3 aromatic carbocycles. The standard InChI is InChI=1S/C27H18Cl2N4O3S/c28-19-10-8-17(9-11-19)16-33-13-12-22(32-33)26(34)31-30-15-18-4-3-5-20(14-18)36-27(35)25-24(29)21-6-1-2-7-23(21)37-25/h1-15H,16H2,(H,31,34). The van der Waals surface area contributed by atoms with E-state index in [9.17, 15) is 9.59 Å². The van der Waals surface area contributed by atoms with Crippen molar-refractivity contribution in [2.24, 2.45) is 5.10 Å². The van der Waals surface area contributed by atoms with E-state index in [0.717, 1.165) is 15.6 Å². The Morgan fingerprint density at radius 1 is 1.03 bits per heavy atom. The summed E-state index contributed by atoms with van der Waals surface area (Å²) in [6.07, 6.45) is 3.17. The Kier molecular flexibility index (Phi) is 7.32. The number of aromatic nitrogens is 2. The van der Waals surface area contributed by atoms with Crippen LogP contribution in [0.15, 0.2) is 90.2 Å². The fraction of sp³-hybridized carbons (Fsp3) is 0.0370. The Balaban J connectivity index is 1.19. The summed E-state index contributed by atoms with van der Waals surface area (Å²) in [5, 5.41) is 10.1.